The van der Waals surface area contributed by atoms with Crippen molar-refractivity contribution in [3.63, 3.8) is 0 Å². The summed E-state index contributed by atoms with van der Waals surface area (Å²) < 4.78 is 11.7. The zero-order chi connectivity index (χ0) is 15.7. The normalized spacial score (nSPS) is 16.1. The Morgan fingerprint density at radius 3 is 2.55 bits per heavy atom. The third-order valence-electron chi connectivity index (χ3n) is 3.79. The largest absolute Gasteiger partial charge is 0.506 e. The minimum Gasteiger partial charge on any atom is -0.497 e. The molecule has 1 unspecified atom stereocenters. The van der Waals surface area contributed by atoms with E-state index >= 15 is 0 Å². The molecule has 0 amide bonds. The van der Waals surface area contributed by atoms with Crippen LogP contribution in [0.4, 0.5) is 4.79 Å². The molecule has 114 valence electrons. The second-order valence-corrected chi connectivity index (χ2v) is 5.01. The Morgan fingerprint density at radius 1 is 1.18 bits per heavy atom. The monoisotopic (exact) mass is 301 g/mol. The minimum atomic E-state index is -1.30. The third kappa shape index (κ3) is 2.43. The number of carbonyl (C=O) groups excluding carboxylic acids is 1. The molecular weight excluding hydrogens is 286 g/mol. The van der Waals surface area contributed by atoms with E-state index < -0.39 is 12.3 Å². The van der Waals surface area contributed by atoms with Crippen LogP contribution in [-0.2, 0) is 11.3 Å². The third-order valence-corrected chi connectivity index (χ3v) is 3.79. The number of hydrogen-bond donors (Lipinski definition) is 1. The maximum absolute atomic E-state index is 12.6. The van der Waals surface area contributed by atoms with Crippen LogP contribution in [-0.4, -0.2) is 28.7 Å². The van der Waals surface area contributed by atoms with E-state index in [0.717, 1.165) is 5.69 Å². The van der Waals surface area contributed by atoms with Gasteiger partial charge in [-0.1, -0.05) is 0 Å². The average Bonchev–Trinajstić information content (AvgIpc) is 3.09. The number of aromatic nitrogens is 1. The van der Waals surface area contributed by atoms with Crippen molar-refractivity contribution in [3.8, 4) is 5.75 Å². The molecule has 1 aliphatic heterocycles. The van der Waals surface area contributed by atoms with E-state index in [0.29, 0.717) is 30.0 Å². The maximum Gasteiger partial charge on any atom is 0.506 e. The lowest BCUT2D eigenvalue weighted by Crippen LogP contribution is -2.09. The van der Waals surface area contributed by atoms with Crippen molar-refractivity contribution in [2.24, 2.45) is 0 Å². The minimum absolute atomic E-state index is 0.107. The molecule has 0 aliphatic carbocycles. The van der Waals surface area contributed by atoms with Gasteiger partial charge in [0.25, 0.3) is 0 Å². The molecule has 1 aliphatic rings. The molecule has 2 aromatic rings. The Hall–Kier alpha value is -2.76. The molecule has 0 fully saturated rings. The molecule has 6 heteroatoms. The predicted molar refractivity (Wildman–Crippen MR) is 77.3 cm³/mol. The molecule has 0 saturated carbocycles. The second-order valence-electron chi connectivity index (χ2n) is 5.01. The highest BCUT2D eigenvalue weighted by Crippen LogP contribution is 2.32. The van der Waals surface area contributed by atoms with Gasteiger partial charge in [0.05, 0.1) is 18.5 Å². The Bertz CT molecular complexity index is 717. The molecule has 1 atom stereocenters. The lowest BCUT2D eigenvalue weighted by molar-refractivity contribution is 0.0519. The van der Waals surface area contributed by atoms with Crippen LogP contribution in [0.5, 0.6) is 5.75 Å². The van der Waals surface area contributed by atoms with E-state index in [-0.39, 0.29) is 5.78 Å². The van der Waals surface area contributed by atoms with Crippen molar-refractivity contribution >= 4 is 11.9 Å². The molecule has 1 aromatic carbocycles. The number of methoxy groups -OCH3 is 1. The van der Waals surface area contributed by atoms with Gasteiger partial charge < -0.3 is 19.1 Å². The van der Waals surface area contributed by atoms with Crippen molar-refractivity contribution in [1.29, 1.82) is 0 Å². The van der Waals surface area contributed by atoms with Gasteiger partial charge in [-0.2, -0.15) is 0 Å². The predicted octanol–water partition coefficient (Wildman–Crippen LogP) is 2.87. The highest BCUT2D eigenvalue weighted by Gasteiger charge is 2.29. The average molecular weight is 301 g/mol. The van der Waals surface area contributed by atoms with Crippen LogP contribution in [0.1, 0.15) is 34.3 Å². The first-order valence-corrected chi connectivity index (χ1v) is 6.88. The van der Waals surface area contributed by atoms with Crippen LogP contribution < -0.4 is 4.74 Å². The molecule has 0 bridgehead atoms. The number of hydrogen-bond acceptors (Lipinski definition) is 4. The topological polar surface area (TPSA) is 77.8 Å². The van der Waals surface area contributed by atoms with Gasteiger partial charge in [0.1, 0.15) is 11.9 Å². The number of ketones is 1. The van der Waals surface area contributed by atoms with E-state index in [1.54, 1.807) is 43.5 Å². The number of fused-ring (bicyclic) bond motifs is 1. The van der Waals surface area contributed by atoms with Gasteiger partial charge in [-0.25, -0.2) is 4.79 Å². The van der Waals surface area contributed by atoms with Crippen molar-refractivity contribution in [3.05, 3.63) is 53.3 Å². The second kappa shape index (κ2) is 5.55. The van der Waals surface area contributed by atoms with Crippen molar-refractivity contribution < 1.29 is 24.2 Å². The summed E-state index contributed by atoms with van der Waals surface area (Å²) in [6, 6.07) is 10.3. The first-order valence-electron chi connectivity index (χ1n) is 6.88. The van der Waals surface area contributed by atoms with Crippen molar-refractivity contribution in [2.75, 3.05) is 7.11 Å². The van der Waals surface area contributed by atoms with Crippen LogP contribution in [0.15, 0.2) is 36.4 Å². The van der Waals surface area contributed by atoms with E-state index in [2.05, 4.69) is 0 Å². The fraction of sp³-hybridized carbons (Fsp3) is 0.250. The molecule has 0 spiro atoms. The lowest BCUT2D eigenvalue weighted by atomic mass is 10.1. The Kier molecular flexibility index (Phi) is 3.58. The first-order chi connectivity index (χ1) is 10.6. The Labute approximate surface area is 126 Å². The van der Waals surface area contributed by atoms with Crippen LogP contribution in [0.3, 0.4) is 0 Å². The van der Waals surface area contributed by atoms with E-state index in [1.807, 2.05) is 4.57 Å². The summed E-state index contributed by atoms with van der Waals surface area (Å²) in [6.45, 7) is 0.567. The molecule has 22 heavy (non-hydrogen) atoms. The zero-order valence-corrected chi connectivity index (χ0v) is 12.0. The van der Waals surface area contributed by atoms with Gasteiger partial charge in [0, 0.05) is 18.5 Å². The summed E-state index contributed by atoms with van der Waals surface area (Å²) in [7, 11) is 1.57. The summed E-state index contributed by atoms with van der Waals surface area (Å²) in [5.74, 6) is 0.580. The molecule has 1 N–H and O–H groups in total. The van der Waals surface area contributed by atoms with Crippen LogP contribution >= 0.6 is 0 Å². The summed E-state index contributed by atoms with van der Waals surface area (Å²) in [5, 5.41) is 8.73. The maximum atomic E-state index is 12.6. The molecule has 1 aromatic heterocycles. The number of nitrogens with zero attached hydrogens (tertiary/aromatic N) is 1. The molecule has 3 rings (SSSR count). The van der Waals surface area contributed by atoms with Crippen LogP contribution in [0.25, 0.3) is 0 Å². The van der Waals surface area contributed by atoms with Gasteiger partial charge in [-0.3, -0.25) is 4.79 Å². The van der Waals surface area contributed by atoms with Gasteiger partial charge in [-0.05, 0) is 36.4 Å². The summed E-state index contributed by atoms with van der Waals surface area (Å²) in [5.41, 5.74) is 1.82. The van der Waals surface area contributed by atoms with E-state index in [1.165, 1.54) is 0 Å². The Balaban J connectivity index is 1.87. The van der Waals surface area contributed by atoms with Gasteiger partial charge in [-0.15, -0.1) is 0 Å². The molecular formula is C16H15NO5. The zero-order valence-electron chi connectivity index (χ0n) is 12.0. The fourth-order valence-electron chi connectivity index (χ4n) is 2.74. The number of carbonyl (C=O) groups is 2. The quantitative estimate of drug-likeness (QED) is 0.694. The van der Waals surface area contributed by atoms with E-state index in [4.69, 9.17) is 14.6 Å². The van der Waals surface area contributed by atoms with Crippen LogP contribution in [0.2, 0.25) is 0 Å². The number of rotatable bonds is 4. The Morgan fingerprint density at radius 2 is 1.91 bits per heavy atom. The lowest BCUT2D eigenvalue weighted by Gasteiger charge is -2.08. The fourth-order valence-corrected chi connectivity index (χ4v) is 2.74. The number of benzene rings is 1. The van der Waals surface area contributed by atoms with Crippen LogP contribution in [0, 0.1) is 0 Å². The SMILES string of the molecule is COc1ccc(C(=O)c2ccc3n2CCC3OC(=O)O)cc1. The highest BCUT2D eigenvalue weighted by atomic mass is 16.7. The molecule has 0 radical (unpaired) electrons. The smallest absolute Gasteiger partial charge is 0.497 e. The molecule has 6 nitrogen and oxygen atoms in total. The van der Waals surface area contributed by atoms with Gasteiger partial charge in [0.2, 0.25) is 5.78 Å². The molecule has 0 saturated heterocycles. The van der Waals surface area contributed by atoms with Crippen molar-refractivity contribution in [1.82, 2.24) is 4.57 Å². The van der Waals surface area contributed by atoms with Crippen molar-refractivity contribution in [2.45, 2.75) is 19.1 Å². The number of ether oxygens (including phenoxy) is 2. The summed E-state index contributed by atoms with van der Waals surface area (Å²) in [6.07, 6.45) is -1.26. The summed E-state index contributed by atoms with van der Waals surface area (Å²) >= 11 is 0. The molecule has 2 heterocycles. The number of carboxylic acid groups (broad SMARTS) is 1. The van der Waals surface area contributed by atoms with Gasteiger partial charge in [0.15, 0.2) is 0 Å². The standard InChI is InChI=1S/C16H15NO5/c1-21-11-4-2-10(3-5-11)15(18)13-7-6-12-14(22-16(19)20)8-9-17(12)13/h2-7,14H,8-9H2,1H3,(H,19,20). The highest BCUT2D eigenvalue weighted by molar-refractivity contribution is 6.08. The van der Waals surface area contributed by atoms with Gasteiger partial charge >= 0.3 is 6.16 Å². The first kappa shape index (κ1) is 14.2. The van der Waals surface area contributed by atoms with E-state index in [9.17, 15) is 9.59 Å². The summed E-state index contributed by atoms with van der Waals surface area (Å²) in [4.78, 5) is 23.3.